The molecule has 20 heavy (non-hydrogen) atoms. The molecule has 2 aliphatic rings. The van der Waals surface area contributed by atoms with Gasteiger partial charge < -0.3 is 15.4 Å². The first-order valence-electron chi connectivity index (χ1n) is 7.46. The second-order valence-corrected chi connectivity index (χ2v) is 5.52. The predicted octanol–water partition coefficient (Wildman–Crippen LogP) is 1.10. The molecule has 1 saturated heterocycles. The average molecular weight is 277 g/mol. The molecule has 1 saturated carbocycles. The summed E-state index contributed by atoms with van der Waals surface area (Å²) in [7, 11) is 0. The van der Waals surface area contributed by atoms with Crippen LogP contribution in [-0.2, 0) is 4.74 Å². The second-order valence-electron chi connectivity index (χ2n) is 5.52. The Balaban J connectivity index is 1.49. The van der Waals surface area contributed by atoms with Crippen molar-refractivity contribution in [2.24, 2.45) is 0 Å². The molecule has 1 aliphatic heterocycles. The van der Waals surface area contributed by atoms with Gasteiger partial charge in [-0.1, -0.05) is 0 Å². The average Bonchev–Trinajstić information content (AvgIpc) is 3.23. The highest BCUT2D eigenvalue weighted by molar-refractivity contribution is 5.43. The van der Waals surface area contributed by atoms with Crippen molar-refractivity contribution in [1.29, 1.82) is 0 Å². The first-order valence-corrected chi connectivity index (χ1v) is 7.46. The van der Waals surface area contributed by atoms with Crippen molar-refractivity contribution in [1.82, 2.24) is 14.9 Å². The maximum Gasteiger partial charge on any atom is 0.224 e. The van der Waals surface area contributed by atoms with Crippen molar-refractivity contribution < 1.29 is 4.74 Å². The van der Waals surface area contributed by atoms with Gasteiger partial charge in [-0.25, -0.2) is 4.98 Å². The van der Waals surface area contributed by atoms with Gasteiger partial charge in [0.2, 0.25) is 5.95 Å². The van der Waals surface area contributed by atoms with Crippen molar-refractivity contribution in [2.45, 2.75) is 25.8 Å². The summed E-state index contributed by atoms with van der Waals surface area (Å²) in [6.07, 6.45) is 2.51. The number of nitrogens with one attached hydrogen (secondary N) is 2. The molecule has 2 fully saturated rings. The van der Waals surface area contributed by atoms with Gasteiger partial charge in [-0.3, -0.25) is 4.90 Å². The highest BCUT2D eigenvalue weighted by Gasteiger charge is 2.21. The van der Waals surface area contributed by atoms with Crippen molar-refractivity contribution in [3.8, 4) is 0 Å². The lowest BCUT2D eigenvalue weighted by molar-refractivity contribution is 0.0398. The maximum absolute atomic E-state index is 5.34. The van der Waals surface area contributed by atoms with Crippen LogP contribution < -0.4 is 10.6 Å². The molecule has 6 nitrogen and oxygen atoms in total. The van der Waals surface area contributed by atoms with Crippen molar-refractivity contribution >= 4 is 11.8 Å². The van der Waals surface area contributed by atoms with E-state index in [-0.39, 0.29) is 0 Å². The lowest BCUT2D eigenvalue weighted by Gasteiger charge is -2.26. The van der Waals surface area contributed by atoms with Gasteiger partial charge >= 0.3 is 0 Å². The van der Waals surface area contributed by atoms with E-state index in [4.69, 9.17) is 4.74 Å². The van der Waals surface area contributed by atoms with E-state index in [1.54, 1.807) is 0 Å². The summed E-state index contributed by atoms with van der Waals surface area (Å²) in [5.74, 6) is 1.66. The molecule has 1 aliphatic carbocycles. The fourth-order valence-electron chi connectivity index (χ4n) is 2.31. The highest BCUT2D eigenvalue weighted by Crippen LogP contribution is 2.24. The summed E-state index contributed by atoms with van der Waals surface area (Å²) < 4.78 is 5.34. The molecule has 1 aromatic rings. The number of morpholine rings is 1. The van der Waals surface area contributed by atoms with Gasteiger partial charge in [0.05, 0.1) is 13.2 Å². The molecule has 3 rings (SSSR count). The van der Waals surface area contributed by atoms with E-state index >= 15 is 0 Å². The molecule has 0 atom stereocenters. The van der Waals surface area contributed by atoms with Crippen LogP contribution in [0.5, 0.6) is 0 Å². The van der Waals surface area contributed by atoms with Crippen LogP contribution in [0.3, 0.4) is 0 Å². The van der Waals surface area contributed by atoms with E-state index in [1.807, 2.05) is 13.0 Å². The molecule has 110 valence electrons. The summed E-state index contributed by atoms with van der Waals surface area (Å²) in [6, 6.07) is 2.62. The molecule has 0 amide bonds. The van der Waals surface area contributed by atoms with Crippen molar-refractivity contribution in [2.75, 3.05) is 50.0 Å². The van der Waals surface area contributed by atoms with Gasteiger partial charge in [0.25, 0.3) is 0 Å². The van der Waals surface area contributed by atoms with Crippen molar-refractivity contribution in [3.63, 3.8) is 0 Å². The van der Waals surface area contributed by atoms with Gasteiger partial charge in [-0.2, -0.15) is 4.98 Å². The summed E-state index contributed by atoms with van der Waals surface area (Å²) in [5, 5.41) is 6.74. The topological polar surface area (TPSA) is 62.3 Å². The second kappa shape index (κ2) is 6.37. The molecule has 6 heteroatoms. The Morgan fingerprint density at radius 3 is 2.85 bits per heavy atom. The van der Waals surface area contributed by atoms with E-state index in [0.29, 0.717) is 6.04 Å². The number of aromatic nitrogens is 2. The van der Waals surface area contributed by atoms with E-state index in [2.05, 4.69) is 25.5 Å². The normalized spacial score (nSPS) is 19.9. The zero-order valence-electron chi connectivity index (χ0n) is 12.1. The summed E-state index contributed by atoms with van der Waals surface area (Å²) in [5.41, 5.74) is 0.997. The molecule has 0 unspecified atom stereocenters. The molecule has 2 heterocycles. The lowest BCUT2D eigenvalue weighted by Crippen LogP contribution is -2.39. The third kappa shape index (κ3) is 4.05. The molecule has 1 aromatic heterocycles. The quantitative estimate of drug-likeness (QED) is 0.812. The van der Waals surface area contributed by atoms with Gasteiger partial charge in [-0.05, 0) is 19.8 Å². The van der Waals surface area contributed by atoms with Crippen LogP contribution in [0.4, 0.5) is 11.8 Å². The third-order valence-electron chi connectivity index (χ3n) is 3.60. The van der Waals surface area contributed by atoms with E-state index in [0.717, 1.165) is 56.9 Å². The van der Waals surface area contributed by atoms with E-state index in [1.165, 1.54) is 12.8 Å². The lowest BCUT2D eigenvalue weighted by atomic mass is 10.4. The number of aryl methyl sites for hydroxylation is 1. The van der Waals surface area contributed by atoms with Crippen molar-refractivity contribution in [3.05, 3.63) is 11.8 Å². The van der Waals surface area contributed by atoms with Crippen LogP contribution in [0.15, 0.2) is 6.07 Å². The number of hydrogen-bond acceptors (Lipinski definition) is 6. The monoisotopic (exact) mass is 277 g/mol. The number of ether oxygens (including phenoxy) is 1. The third-order valence-corrected chi connectivity index (χ3v) is 3.60. The number of anilines is 2. The fourth-order valence-corrected chi connectivity index (χ4v) is 2.31. The van der Waals surface area contributed by atoms with Gasteiger partial charge in [-0.15, -0.1) is 0 Å². The minimum atomic E-state index is 0.616. The number of nitrogens with zero attached hydrogens (tertiary/aromatic N) is 3. The van der Waals surface area contributed by atoms with Crippen LogP contribution in [0.2, 0.25) is 0 Å². The fraction of sp³-hybridized carbons (Fsp3) is 0.714. The Bertz CT molecular complexity index is 443. The Labute approximate surface area is 119 Å². The zero-order chi connectivity index (χ0) is 13.8. The van der Waals surface area contributed by atoms with Crippen LogP contribution >= 0.6 is 0 Å². The largest absolute Gasteiger partial charge is 0.379 e. The van der Waals surface area contributed by atoms with Gasteiger partial charge in [0, 0.05) is 44.0 Å². The van der Waals surface area contributed by atoms with Crippen LogP contribution in [-0.4, -0.2) is 60.3 Å². The molecule has 0 radical (unpaired) electrons. The smallest absolute Gasteiger partial charge is 0.224 e. The molecule has 2 N–H and O–H groups in total. The Kier molecular flexibility index (Phi) is 4.32. The van der Waals surface area contributed by atoms with Crippen LogP contribution in [0.25, 0.3) is 0 Å². The number of hydrogen-bond donors (Lipinski definition) is 2. The van der Waals surface area contributed by atoms with Gasteiger partial charge in [0.15, 0.2) is 0 Å². The predicted molar refractivity (Wildman–Crippen MR) is 79.2 cm³/mol. The first kappa shape index (κ1) is 13.6. The molecular weight excluding hydrogens is 254 g/mol. The minimum absolute atomic E-state index is 0.616. The first-order chi connectivity index (χ1) is 9.79. The SMILES string of the molecule is Cc1cc(NC2CC2)nc(NCCN2CCOCC2)n1. The standard InChI is InChI=1S/C14H23N5O/c1-11-10-13(17-12-2-3-12)18-14(16-11)15-4-5-19-6-8-20-9-7-19/h10,12H,2-9H2,1H3,(H2,15,16,17,18). The summed E-state index contributed by atoms with van der Waals surface area (Å²) in [4.78, 5) is 11.4. The molecule has 0 aromatic carbocycles. The molecular formula is C14H23N5O. The zero-order valence-corrected chi connectivity index (χ0v) is 12.1. The minimum Gasteiger partial charge on any atom is -0.379 e. The number of rotatable bonds is 6. The van der Waals surface area contributed by atoms with E-state index < -0.39 is 0 Å². The van der Waals surface area contributed by atoms with Gasteiger partial charge in [0.1, 0.15) is 5.82 Å². The molecule has 0 spiro atoms. The Hall–Kier alpha value is -1.40. The highest BCUT2D eigenvalue weighted by atomic mass is 16.5. The van der Waals surface area contributed by atoms with Crippen LogP contribution in [0.1, 0.15) is 18.5 Å². The summed E-state index contributed by atoms with van der Waals surface area (Å²) in [6.45, 7) is 7.60. The van der Waals surface area contributed by atoms with E-state index in [9.17, 15) is 0 Å². The summed E-state index contributed by atoms with van der Waals surface area (Å²) >= 11 is 0. The molecule has 0 bridgehead atoms. The Morgan fingerprint density at radius 2 is 2.10 bits per heavy atom. The Morgan fingerprint density at radius 1 is 1.30 bits per heavy atom. The maximum atomic E-state index is 5.34. The van der Waals surface area contributed by atoms with Crippen LogP contribution in [0, 0.1) is 6.92 Å².